The second-order valence-corrected chi connectivity index (χ2v) is 5.50. The van der Waals surface area contributed by atoms with Gasteiger partial charge in [0.15, 0.2) is 0 Å². The van der Waals surface area contributed by atoms with Crippen LogP contribution in [0, 0.1) is 11.3 Å². The number of hydrogen-bond donors (Lipinski definition) is 0. The Morgan fingerprint density at radius 3 is 1.88 bits per heavy atom. The predicted octanol–water partition coefficient (Wildman–Crippen LogP) is 2.52. The molecule has 0 heterocycles. The molecule has 0 amide bonds. The highest BCUT2D eigenvalue weighted by atomic mass is 15.5. The molecule has 0 aliphatic heterocycles. The first-order valence-corrected chi connectivity index (χ1v) is 6.08. The van der Waals surface area contributed by atoms with E-state index in [0.717, 1.165) is 11.7 Å². The summed E-state index contributed by atoms with van der Waals surface area (Å²) in [6, 6.07) is 0. The average molecular weight is 240 g/mol. The van der Waals surface area contributed by atoms with Crippen molar-refractivity contribution in [2.75, 3.05) is 28.2 Å². The van der Waals surface area contributed by atoms with Crippen molar-refractivity contribution in [2.24, 2.45) is 21.4 Å². The van der Waals surface area contributed by atoms with E-state index in [4.69, 9.17) is 0 Å². The van der Waals surface area contributed by atoms with Gasteiger partial charge in [0, 0.05) is 39.3 Å². The zero-order chi connectivity index (χ0) is 13.8. The first-order valence-electron chi connectivity index (χ1n) is 6.08. The van der Waals surface area contributed by atoms with Crippen molar-refractivity contribution in [1.82, 2.24) is 9.91 Å². The van der Waals surface area contributed by atoms with Crippen molar-refractivity contribution < 1.29 is 0 Å². The van der Waals surface area contributed by atoms with Gasteiger partial charge in [-0.3, -0.25) is 4.99 Å². The maximum atomic E-state index is 4.64. The summed E-state index contributed by atoms with van der Waals surface area (Å²) >= 11 is 0. The van der Waals surface area contributed by atoms with Gasteiger partial charge in [-0.2, -0.15) is 5.10 Å². The summed E-state index contributed by atoms with van der Waals surface area (Å²) in [5.41, 5.74) is 1.22. The first kappa shape index (κ1) is 15.9. The lowest BCUT2D eigenvalue weighted by molar-refractivity contribution is 0.351. The van der Waals surface area contributed by atoms with Crippen LogP contribution in [-0.2, 0) is 0 Å². The first-order chi connectivity index (χ1) is 7.64. The molecule has 0 unspecified atom stereocenters. The van der Waals surface area contributed by atoms with Crippen LogP contribution in [0.4, 0.5) is 0 Å². The monoisotopic (exact) mass is 240 g/mol. The summed E-state index contributed by atoms with van der Waals surface area (Å²) in [5, 5.41) is 6.47. The summed E-state index contributed by atoms with van der Waals surface area (Å²) in [4.78, 5) is 6.19. The van der Waals surface area contributed by atoms with Crippen molar-refractivity contribution in [3.8, 4) is 0 Å². The van der Waals surface area contributed by atoms with Gasteiger partial charge >= 0.3 is 0 Å². The third kappa shape index (κ3) is 4.02. The summed E-state index contributed by atoms with van der Waals surface area (Å²) in [5.74, 6) is 1.41. The highest BCUT2D eigenvalue weighted by molar-refractivity contribution is 5.89. The third-order valence-corrected chi connectivity index (χ3v) is 3.57. The van der Waals surface area contributed by atoms with Crippen molar-refractivity contribution in [1.29, 1.82) is 0 Å². The quantitative estimate of drug-likeness (QED) is 0.431. The topological polar surface area (TPSA) is 31.2 Å². The number of guanidine groups is 1. The second kappa shape index (κ2) is 6.03. The fourth-order valence-corrected chi connectivity index (χ4v) is 1.45. The normalized spacial score (nSPS) is 14.2. The minimum absolute atomic E-state index is 0.0967. The number of nitrogens with zero attached hydrogens (tertiary/aromatic N) is 4. The van der Waals surface area contributed by atoms with Crippen LogP contribution in [-0.4, -0.2) is 49.8 Å². The molecule has 0 aromatic rings. The average Bonchev–Trinajstić information content (AvgIpc) is 2.17. The molecule has 0 aliphatic carbocycles. The number of hydrazone groups is 1. The van der Waals surface area contributed by atoms with Crippen LogP contribution in [0.5, 0.6) is 0 Å². The van der Waals surface area contributed by atoms with Crippen LogP contribution >= 0.6 is 0 Å². The van der Waals surface area contributed by atoms with Crippen molar-refractivity contribution in [3.63, 3.8) is 0 Å². The van der Waals surface area contributed by atoms with Gasteiger partial charge in [-0.15, -0.1) is 0 Å². The smallest absolute Gasteiger partial charge is 0.216 e. The van der Waals surface area contributed by atoms with E-state index in [1.807, 2.05) is 31.1 Å². The van der Waals surface area contributed by atoms with E-state index in [-0.39, 0.29) is 5.41 Å². The minimum Gasteiger partial charge on any atom is -0.348 e. The Bertz CT molecular complexity index is 301. The van der Waals surface area contributed by atoms with Crippen LogP contribution < -0.4 is 0 Å². The molecule has 0 rings (SSSR count). The molecule has 4 nitrogen and oxygen atoms in total. The van der Waals surface area contributed by atoms with Gasteiger partial charge < -0.3 is 4.90 Å². The van der Waals surface area contributed by atoms with Crippen molar-refractivity contribution in [3.05, 3.63) is 0 Å². The van der Waals surface area contributed by atoms with E-state index in [1.54, 1.807) is 7.05 Å². The Labute approximate surface area is 106 Å². The largest absolute Gasteiger partial charge is 0.348 e. The third-order valence-electron chi connectivity index (χ3n) is 3.57. The van der Waals surface area contributed by atoms with Crippen molar-refractivity contribution >= 4 is 11.7 Å². The van der Waals surface area contributed by atoms with E-state index in [0.29, 0.717) is 5.92 Å². The molecule has 0 radical (unpaired) electrons. The number of rotatable bonds is 3. The summed E-state index contributed by atoms with van der Waals surface area (Å²) in [6.45, 7) is 11.0. The van der Waals surface area contributed by atoms with E-state index in [9.17, 15) is 0 Å². The Morgan fingerprint density at radius 2 is 1.59 bits per heavy atom. The van der Waals surface area contributed by atoms with E-state index < -0.39 is 0 Å². The molecule has 0 N–H and O–H groups in total. The van der Waals surface area contributed by atoms with Gasteiger partial charge in [-0.1, -0.05) is 27.7 Å². The molecular formula is C13H28N4. The molecule has 17 heavy (non-hydrogen) atoms. The summed E-state index contributed by atoms with van der Waals surface area (Å²) in [7, 11) is 7.65. The highest BCUT2D eigenvalue weighted by Gasteiger charge is 2.26. The van der Waals surface area contributed by atoms with Gasteiger partial charge in [0.1, 0.15) is 0 Å². The molecule has 0 aromatic heterocycles. The zero-order valence-corrected chi connectivity index (χ0v) is 12.9. The minimum atomic E-state index is 0.0967. The SMILES string of the molecule is CN=C(N(C)C)N(C)/N=C(\C)C(C)(C)C(C)C. The molecular weight excluding hydrogens is 212 g/mol. The Morgan fingerprint density at radius 1 is 1.12 bits per heavy atom. The lowest BCUT2D eigenvalue weighted by atomic mass is 9.77. The molecule has 0 aromatic carbocycles. The van der Waals surface area contributed by atoms with Crippen LogP contribution in [0.15, 0.2) is 10.1 Å². The van der Waals surface area contributed by atoms with Gasteiger partial charge in [0.25, 0.3) is 0 Å². The predicted molar refractivity (Wildman–Crippen MR) is 76.5 cm³/mol. The fourth-order valence-electron chi connectivity index (χ4n) is 1.45. The summed E-state index contributed by atoms with van der Waals surface area (Å²) < 4.78 is 0. The standard InChI is InChI=1S/C13H28N4/c1-10(2)13(4,5)11(3)15-17(9)12(14-6)16(7)8/h10H,1-9H3/b14-12?,15-11+. The van der Waals surface area contributed by atoms with Crippen LogP contribution in [0.1, 0.15) is 34.6 Å². The molecule has 0 aliphatic rings. The summed E-state index contributed by atoms with van der Waals surface area (Å²) in [6.07, 6.45) is 0. The molecule has 0 saturated carbocycles. The number of aliphatic imine (C=N–C) groups is 1. The van der Waals surface area contributed by atoms with Gasteiger partial charge in [0.2, 0.25) is 5.96 Å². The maximum Gasteiger partial charge on any atom is 0.216 e. The highest BCUT2D eigenvalue weighted by Crippen LogP contribution is 2.28. The Kier molecular flexibility index (Phi) is 5.66. The van der Waals surface area contributed by atoms with Crippen LogP contribution in [0.2, 0.25) is 0 Å². The van der Waals surface area contributed by atoms with Crippen LogP contribution in [0.25, 0.3) is 0 Å². The van der Waals surface area contributed by atoms with Crippen molar-refractivity contribution in [2.45, 2.75) is 34.6 Å². The van der Waals surface area contributed by atoms with E-state index >= 15 is 0 Å². The van der Waals surface area contributed by atoms with Crippen LogP contribution in [0.3, 0.4) is 0 Å². The van der Waals surface area contributed by atoms with E-state index in [1.165, 1.54) is 0 Å². The van der Waals surface area contributed by atoms with Gasteiger partial charge in [-0.25, -0.2) is 5.01 Å². The second-order valence-electron chi connectivity index (χ2n) is 5.50. The van der Waals surface area contributed by atoms with Gasteiger partial charge in [-0.05, 0) is 12.8 Å². The molecule has 0 atom stereocenters. The molecule has 0 spiro atoms. The van der Waals surface area contributed by atoms with E-state index in [2.05, 4.69) is 44.7 Å². The Hall–Kier alpha value is -1.06. The maximum absolute atomic E-state index is 4.64. The molecule has 0 bridgehead atoms. The lowest BCUT2D eigenvalue weighted by Crippen LogP contribution is -2.37. The molecule has 0 saturated heterocycles. The molecule has 0 fully saturated rings. The fraction of sp³-hybridized carbons (Fsp3) is 0.846. The number of hydrogen-bond acceptors (Lipinski definition) is 2. The van der Waals surface area contributed by atoms with Gasteiger partial charge in [0.05, 0.1) is 0 Å². The molecule has 100 valence electrons. The zero-order valence-electron chi connectivity index (χ0n) is 12.9. The molecule has 4 heteroatoms. The lowest BCUT2D eigenvalue weighted by Gasteiger charge is -2.31. The Balaban J connectivity index is 5.04.